The maximum absolute atomic E-state index is 14.8. The van der Waals surface area contributed by atoms with Crippen molar-refractivity contribution in [3.63, 3.8) is 0 Å². The molecule has 24 heteroatoms. The number of methoxy groups -OCH3 is 2. The molecule has 10 amide bonds. The van der Waals surface area contributed by atoms with Crippen LogP contribution in [0.1, 0.15) is 151 Å². The van der Waals surface area contributed by atoms with Gasteiger partial charge in [0.05, 0.1) is 48.8 Å². The fourth-order valence-corrected chi connectivity index (χ4v) is 11.9. The number of imide groups is 1. The summed E-state index contributed by atoms with van der Waals surface area (Å²) in [5.41, 5.74) is 7.41. The van der Waals surface area contributed by atoms with Gasteiger partial charge in [-0.15, -0.1) is 0 Å². The standard InChI is InChI=1S/C67H104N10O14/c1-15-43(8)59(51(89-13)38-55(81)76-37-23-27-50(76)61(90-14)44(9)62(83)69-45(10)60(82)47-24-18-16-19-25-47)74(11)66(87)57(41(4)5)73-65(86)58(42(6)7)75(12)67(88)91-39-46-29-31-48(32-30-46)70-63(84)49(26-22-35-68)71-64(85)56(40(2)3)72-52(78)28-20-17-21-36-77-53(79)33-34-54(77)80/h16,18-19,24-25,29-34,40-45,49-51,56-61,82H,15,17,20-23,26-28,35-39,68H2,1-14H3,(H,69,83)(H,70,84)(H,71,85)(H,72,78)(H,73,86)/t43-,44+,45+,49-,50-,51+,56-,57-,58-,59-,60+,61+/m0/s1. The number of aliphatic hydroxyl groups excluding tert-OH is 1. The Labute approximate surface area is 538 Å². The van der Waals surface area contributed by atoms with Crippen LogP contribution in [0.3, 0.4) is 0 Å². The third kappa shape index (κ3) is 21.9. The van der Waals surface area contributed by atoms with Crippen LogP contribution in [-0.4, -0.2) is 186 Å². The number of nitrogens with two attached hydrogens (primary N) is 1. The summed E-state index contributed by atoms with van der Waals surface area (Å²) in [7, 11) is 6.11. The van der Waals surface area contributed by atoms with E-state index in [0.717, 1.165) is 4.90 Å². The van der Waals surface area contributed by atoms with E-state index in [1.807, 2.05) is 45.9 Å². The fraction of sp³-hybridized carbons (Fsp3) is 0.642. The number of amides is 10. The maximum atomic E-state index is 14.8. The Kier molecular flexibility index (Phi) is 31.2. The first-order valence-electron chi connectivity index (χ1n) is 32.2. The summed E-state index contributed by atoms with van der Waals surface area (Å²) >= 11 is 0. The van der Waals surface area contributed by atoms with Crippen LogP contribution in [-0.2, 0) is 64.0 Å². The predicted octanol–water partition coefficient (Wildman–Crippen LogP) is 5.37. The number of aliphatic hydroxyl groups is 1. The largest absolute Gasteiger partial charge is 0.445 e. The molecular formula is C67H104N10O14. The Bertz CT molecular complexity index is 2750. The van der Waals surface area contributed by atoms with Crippen LogP contribution < -0.4 is 32.3 Å². The Balaban J connectivity index is 1.35. The minimum Gasteiger partial charge on any atom is -0.445 e. The van der Waals surface area contributed by atoms with Crippen LogP contribution in [0.4, 0.5) is 10.5 Å². The molecule has 0 spiro atoms. The number of carbonyl (C=O) groups is 10. The molecule has 506 valence electrons. The normalized spacial score (nSPS) is 17.7. The van der Waals surface area contributed by atoms with E-state index in [4.69, 9.17) is 19.9 Å². The summed E-state index contributed by atoms with van der Waals surface area (Å²) < 4.78 is 17.7. The molecule has 24 nitrogen and oxygen atoms in total. The van der Waals surface area contributed by atoms with Gasteiger partial charge in [0.1, 0.15) is 30.8 Å². The van der Waals surface area contributed by atoms with Crippen LogP contribution in [0.25, 0.3) is 0 Å². The topological polar surface area (TPSA) is 318 Å². The second-order valence-corrected chi connectivity index (χ2v) is 25.3. The Morgan fingerprint density at radius 1 is 0.714 bits per heavy atom. The van der Waals surface area contributed by atoms with Crippen molar-refractivity contribution in [1.82, 2.24) is 40.9 Å². The minimum absolute atomic E-state index is 0.0829. The first-order chi connectivity index (χ1) is 43.1. The van der Waals surface area contributed by atoms with Crippen molar-refractivity contribution in [3.8, 4) is 0 Å². The van der Waals surface area contributed by atoms with Crippen molar-refractivity contribution in [2.75, 3.05) is 53.3 Å². The van der Waals surface area contributed by atoms with Crippen LogP contribution in [0, 0.1) is 29.6 Å². The molecule has 2 aliphatic heterocycles. The molecule has 2 aromatic carbocycles. The van der Waals surface area contributed by atoms with E-state index in [0.29, 0.717) is 68.3 Å². The van der Waals surface area contributed by atoms with Crippen molar-refractivity contribution in [2.45, 2.75) is 201 Å². The van der Waals surface area contributed by atoms with Crippen LogP contribution in [0.2, 0.25) is 0 Å². The van der Waals surface area contributed by atoms with Crippen molar-refractivity contribution in [2.24, 2.45) is 35.3 Å². The molecule has 1 saturated heterocycles. The SMILES string of the molecule is CC[C@H](C)[C@@H]([C@@H](CC(=O)N1CCC[C@H]1[C@H](OC)[C@@H](C)C(=O)N[C@H](C)[C@@H](O)c1ccccc1)OC)N(C)C(=O)[C@@H](NC(=O)[C@H](C(C)C)N(C)C(=O)OCc1ccc(NC(=O)[C@H](CCCN)NC(=O)[C@@H](NC(=O)CCCCCN2C(=O)C=CC2=O)C(C)C)cc1)C(C)C. The van der Waals surface area contributed by atoms with Gasteiger partial charge in [-0.2, -0.15) is 0 Å². The van der Waals surface area contributed by atoms with Gasteiger partial charge < -0.3 is 61.4 Å². The Hall–Kier alpha value is -7.28. The van der Waals surface area contributed by atoms with Crippen molar-refractivity contribution in [1.29, 1.82) is 0 Å². The van der Waals surface area contributed by atoms with Crippen LogP contribution in [0.15, 0.2) is 66.7 Å². The lowest BCUT2D eigenvalue weighted by atomic mass is 9.89. The number of hydrogen-bond donors (Lipinski definition) is 7. The number of carbonyl (C=O) groups excluding carboxylic acids is 10. The van der Waals surface area contributed by atoms with Gasteiger partial charge in [0.25, 0.3) is 11.8 Å². The third-order valence-corrected chi connectivity index (χ3v) is 17.4. The zero-order valence-corrected chi connectivity index (χ0v) is 56.0. The molecule has 0 aromatic heterocycles. The first kappa shape index (κ1) is 76.2. The highest BCUT2D eigenvalue weighted by Gasteiger charge is 2.44. The van der Waals surface area contributed by atoms with Crippen molar-refractivity contribution < 1.29 is 67.3 Å². The molecule has 0 unspecified atom stereocenters. The molecule has 0 saturated carbocycles. The summed E-state index contributed by atoms with van der Waals surface area (Å²) in [6.45, 7) is 18.9. The number of benzene rings is 2. The van der Waals surface area contributed by atoms with E-state index in [1.165, 1.54) is 38.3 Å². The number of nitrogens with zero attached hydrogens (tertiary/aromatic N) is 4. The number of likely N-dealkylation sites (N-methyl/N-ethyl adjacent to an activating group) is 2. The number of anilines is 1. The molecule has 2 aliphatic rings. The number of ether oxygens (including phenoxy) is 3. The van der Waals surface area contributed by atoms with Gasteiger partial charge in [-0.1, -0.05) is 118 Å². The van der Waals surface area contributed by atoms with Gasteiger partial charge in [0, 0.05) is 65.7 Å². The maximum Gasteiger partial charge on any atom is 0.410 e. The minimum atomic E-state index is -1.07. The Morgan fingerprint density at radius 3 is 1.92 bits per heavy atom. The number of likely N-dealkylation sites (tertiary alicyclic amines) is 1. The molecule has 0 radical (unpaired) electrons. The highest BCUT2D eigenvalue weighted by Crippen LogP contribution is 2.31. The highest BCUT2D eigenvalue weighted by atomic mass is 16.6. The lowest BCUT2D eigenvalue weighted by Crippen LogP contribution is -2.60. The van der Waals surface area contributed by atoms with Gasteiger partial charge in [-0.3, -0.25) is 53.0 Å². The molecule has 0 aliphatic carbocycles. The molecule has 1 fully saturated rings. The Morgan fingerprint density at radius 2 is 1.35 bits per heavy atom. The second kappa shape index (κ2) is 37.3. The molecule has 2 heterocycles. The molecule has 91 heavy (non-hydrogen) atoms. The monoisotopic (exact) mass is 1270 g/mol. The van der Waals surface area contributed by atoms with Crippen LogP contribution in [0.5, 0.6) is 0 Å². The zero-order chi connectivity index (χ0) is 67.8. The summed E-state index contributed by atoms with van der Waals surface area (Å²) in [4.78, 5) is 141. The van der Waals surface area contributed by atoms with Crippen LogP contribution >= 0.6 is 0 Å². The molecule has 8 N–H and O–H groups in total. The van der Waals surface area contributed by atoms with E-state index in [1.54, 1.807) is 94.8 Å². The van der Waals surface area contributed by atoms with Gasteiger partial charge in [0.15, 0.2) is 0 Å². The fourth-order valence-electron chi connectivity index (χ4n) is 11.9. The molecule has 0 bridgehead atoms. The number of hydrogen-bond acceptors (Lipinski definition) is 15. The molecule has 2 aromatic rings. The van der Waals surface area contributed by atoms with Crippen molar-refractivity contribution >= 4 is 64.9 Å². The average molecular weight is 1270 g/mol. The smallest absolute Gasteiger partial charge is 0.410 e. The van der Waals surface area contributed by atoms with Gasteiger partial charge in [0.2, 0.25) is 41.4 Å². The van der Waals surface area contributed by atoms with E-state index in [9.17, 15) is 53.1 Å². The highest BCUT2D eigenvalue weighted by molar-refractivity contribution is 6.12. The molecule has 4 rings (SSSR count). The lowest BCUT2D eigenvalue weighted by Gasteiger charge is -2.41. The summed E-state index contributed by atoms with van der Waals surface area (Å²) in [5, 5.41) is 25.2. The van der Waals surface area contributed by atoms with Crippen molar-refractivity contribution in [3.05, 3.63) is 77.9 Å². The summed E-state index contributed by atoms with van der Waals surface area (Å²) in [6, 6.07) is 9.89. The third-order valence-electron chi connectivity index (χ3n) is 17.4. The summed E-state index contributed by atoms with van der Waals surface area (Å²) in [5.74, 6) is -5.66. The second-order valence-electron chi connectivity index (χ2n) is 25.3. The quantitative estimate of drug-likeness (QED) is 0.0331. The molecular weight excluding hydrogens is 1170 g/mol. The number of unbranched alkanes of at least 4 members (excludes halogenated alkanes) is 2. The van der Waals surface area contributed by atoms with Gasteiger partial charge in [-0.25, -0.2) is 4.79 Å². The first-order valence-corrected chi connectivity index (χ1v) is 32.2. The average Bonchev–Trinajstić information content (AvgIpc) is 1.92. The van der Waals surface area contributed by atoms with E-state index >= 15 is 0 Å². The summed E-state index contributed by atoms with van der Waals surface area (Å²) in [6.07, 6.45) is 3.46. The number of nitrogens with one attached hydrogen (secondary N) is 5. The van der Waals surface area contributed by atoms with E-state index in [2.05, 4.69) is 26.6 Å². The zero-order valence-electron chi connectivity index (χ0n) is 56.0. The van der Waals surface area contributed by atoms with E-state index in [-0.39, 0.29) is 80.3 Å². The molecule has 12 atom stereocenters. The predicted molar refractivity (Wildman–Crippen MR) is 345 cm³/mol. The van der Waals surface area contributed by atoms with Gasteiger partial charge in [-0.05, 0) is 98.9 Å². The van der Waals surface area contributed by atoms with E-state index < -0.39 is 108 Å². The lowest BCUT2D eigenvalue weighted by molar-refractivity contribution is -0.148. The van der Waals surface area contributed by atoms with Gasteiger partial charge >= 0.3 is 6.09 Å². The number of rotatable bonds is 37.